The van der Waals surface area contributed by atoms with E-state index in [4.69, 9.17) is 10.1 Å². The highest BCUT2D eigenvalue weighted by Gasteiger charge is 2.22. The molecule has 1 aromatic heterocycles. The van der Waals surface area contributed by atoms with E-state index >= 15 is 0 Å². The first-order valence-electron chi connectivity index (χ1n) is 10.2. The second kappa shape index (κ2) is 9.93. The van der Waals surface area contributed by atoms with Crippen molar-refractivity contribution in [2.45, 2.75) is 5.16 Å². The summed E-state index contributed by atoms with van der Waals surface area (Å²) in [4.78, 5) is 21.7. The van der Waals surface area contributed by atoms with Crippen LogP contribution in [-0.2, 0) is 4.79 Å². The molecule has 1 fully saturated rings. The third-order valence-corrected chi connectivity index (χ3v) is 6.18. The topological polar surface area (TPSA) is 61.6 Å². The molecule has 0 bridgehead atoms. The third kappa shape index (κ3) is 4.92. The van der Waals surface area contributed by atoms with Gasteiger partial charge in [0.05, 0.1) is 18.1 Å². The summed E-state index contributed by atoms with van der Waals surface area (Å²) in [5.41, 5.74) is 2.98. The molecule has 4 rings (SSSR count). The van der Waals surface area contributed by atoms with Gasteiger partial charge in [-0.2, -0.15) is 0 Å². The summed E-state index contributed by atoms with van der Waals surface area (Å²) in [5.74, 6) is 0.491. The molecule has 0 radical (unpaired) electrons. The van der Waals surface area contributed by atoms with Gasteiger partial charge in [-0.25, -0.2) is 4.98 Å². The van der Waals surface area contributed by atoms with Crippen LogP contribution in [0.3, 0.4) is 0 Å². The number of carbonyl (C=O) groups excluding carboxylic acids is 1. The smallest absolute Gasteiger partial charge is 0.233 e. The standard InChI is InChI=1S/C23H26N4O2S/c28-16-15-25-11-13-26(14-12-25)22(29)18-30-23-24-21(19-7-3-1-4-8-19)17-27(23)20-9-5-2-6-10-20/h1-10,17,28H,11-16,18H2. The summed E-state index contributed by atoms with van der Waals surface area (Å²) in [6, 6.07) is 20.2. The van der Waals surface area contributed by atoms with Gasteiger partial charge in [-0.05, 0) is 12.1 Å². The van der Waals surface area contributed by atoms with Gasteiger partial charge >= 0.3 is 0 Å². The lowest BCUT2D eigenvalue weighted by molar-refractivity contribution is -0.130. The van der Waals surface area contributed by atoms with Gasteiger partial charge < -0.3 is 10.0 Å². The number of carbonyl (C=O) groups is 1. The minimum Gasteiger partial charge on any atom is -0.395 e. The number of para-hydroxylation sites is 1. The Hall–Kier alpha value is -2.61. The lowest BCUT2D eigenvalue weighted by Crippen LogP contribution is -2.49. The Kier molecular flexibility index (Phi) is 6.84. The Morgan fingerprint density at radius 1 is 0.967 bits per heavy atom. The molecule has 0 unspecified atom stereocenters. The van der Waals surface area contributed by atoms with E-state index in [0.717, 1.165) is 35.2 Å². The van der Waals surface area contributed by atoms with E-state index in [-0.39, 0.29) is 12.5 Å². The van der Waals surface area contributed by atoms with Crippen LogP contribution in [0.4, 0.5) is 0 Å². The number of β-amino-alcohol motifs (C(OH)–C–C–N with tert-alkyl or cyclic N) is 1. The van der Waals surface area contributed by atoms with E-state index in [9.17, 15) is 4.79 Å². The zero-order valence-corrected chi connectivity index (χ0v) is 17.7. The van der Waals surface area contributed by atoms with E-state index in [1.54, 1.807) is 0 Å². The molecule has 1 saturated heterocycles. The molecule has 1 amide bonds. The van der Waals surface area contributed by atoms with Crippen LogP contribution >= 0.6 is 11.8 Å². The summed E-state index contributed by atoms with van der Waals surface area (Å²) in [6.07, 6.45) is 2.03. The van der Waals surface area contributed by atoms with Gasteiger partial charge in [0.1, 0.15) is 0 Å². The lowest BCUT2D eigenvalue weighted by atomic mass is 10.2. The second-order valence-electron chi connectivity index (χ2n) is 7.22. The first-order chi connectivity index (χ1) is 14.7. The van der Waals surface area contributed by atoms with Crippen molar-refractivity contribution in [3.05, 3.63) is 66.9 Å². The fraction of sp³-hybridized carbons (Fsp3) is 0.304. The number of hydrogen-bond acceptors (Lipinski definition) is 5. The number of benzene rings is 2. The van der Waals surface area contributed by atoms with Gasteiger partial charge in [0.15, 0.2) is 5.16 Å². The Bertz CT molecular complexity index is 954. The van der Waals surface area contributed by atoms with Crippen molar-refractivity contribution in [3.63, 3.8) is 0 Å². The number of amides is 1. The van der Waals surface area contributed by atoms with Crippen LogP contribution in [0.1, 0.15) is 0 Å². The van der Waals surface area contributed by atoms with Gasteiger partial charge in [0.2, 0.25) is 5.91 Å². The second-order valence-corrected chi connectivity index (χ2v) is 8.16. The maximum Gasteiger partial charge on any atom is 0.233 e. The zero-order chi connectivity index (χ0) is 20.8. The lowest BCUT2D eigenvalue weighted by Gasteiger charge is -2.34. The van der Waals surface area contributed by atoms with Crippen LogP contribution in [-0.4, -0.2) is 75.4 Å². The molecule has 0 aliphatic carbocycles. The maximum atomic E-state index is 12.8. The van der Waals surface area contributed by atoms with Crippen LogP contribution in [0.5, 0.6) is 0 Å². The fourth-order valence-electron chi connectivity index (χ4n) is 3.57. The number of rotatable bonds is 7. The van der Waals surface area contributed by atoms with Crippen molar-refractivity contribution in [3.8, 4) is 16.9 Å². The van der Waals surface area contributed by atoms with Crippen LogP contribution in [0.2, 0.25) is 0 Å². The number of imidazole rings is 1. The summed E-state index contributed by atoms with van der Waals surface area (Å²) in [7, 11) is 0. The molecule has 3 aromatic rings. The zero-order valence-electron chi connectivity index (χ0n) is 16.9. The molecule has 7 heteroatoms. The van der Waals surface area contributed by atoms with Crippen molar-refractivity contribution in [2.75, 3.05) is 45.1 Å². The number of hydrogen-bond donors (Lipinski definition) is 1. The minimum absolute atomic E-state index is 0.132. The van der Waals surface area contributed by atoms with E-state index in [0.29, 0.717) is 25.4 Å². The van der Waals surface area contributed by atoms with E-state index in [2.05, 4.69) is 9.47 Å². The van der Waals surface area contributed by atoms with Crippen molar-refractivity contribution in [2.24, 2.45) is 0 Å². The molecule has 2 aromatic carbocycles. The van der Waals surface area contributed by atoms with E-state index in [1.165, 1.54) is 11.8 Å². The number of aliphatic hydroxyl groups excluding tert-OH is 1. The highest BCUT2D eigenvalue weighted by Crippen LogP contribution is 2.27. The molecule has 30 heavy (non-hydrogen) atoms. The van der Waals surface area contributed by atoms with E-state index in [1.807, 2.05) is 71.8 Å². The molecule has 2 heterocycles. The number of piperazine rings is 1. The van der Waals surface area contributed by atoms with Gasteiger partial charge in [0, 0.05) is 50.2 Å². The first-order valence-corrected chi connectivity index (χ1v) is 11.2. The number of nitrogens with zero attached hydrogens (tertiary/aromatic N) is 4. The molecule has 1 N–H and O–H groups in total. The predicted octanol–water partition coefficient (Wildman–Crippen LogP) is 2.77. The average Bonchev–Trinajstić information content (AvgIpc) is 3.24. The molecule has 0 atom stereocenters. The number of aromatic nitrogens is 2. The van der Waals surface area contributed by atoms with Crippen LogP contribution < -0.4 is 0 Å². The number of thioether (sulfide) groups is 1. The quantitative estimate of drug-likeness (QED) is 0.594. The molecule has 0 spiro atoms. The Morgan fingerprint density at radius 3 is 2.30 bits per heavy atom. The van der Waals surface area contributed by atoms with Crippen LogP contribution in [0, 0.1) is 0 Å². The highest BCUT2D eigenvalue weighted by molar-refractivity contribution is 7.99. The van der Waals surface area contributed by atoms with Gasteiger partial charge in [-0.3, -0.25) is 14.3 Å². The van der Waals surface area contributed by atoms with Gasteiger partial charge in [-0.15, -0.1) is 0 Å². The van der Waals surface area contributed by atoms with E-state index < -0.39 is 0 Å². The fourth-order valence-corrected chi connectivity index (χ4v) is 4.46. The summed E-state index contributed by atoms with van der Waals surface area (Å²) in [5, 5.41) is 9.89. The normalized spacial score (nSPS) is 14.8. The van der Waals surface area contributed by atoms with Crippen molar-refractivity contribution >= 4 is 17.7 Å². The number of aliphatic hydroxyl groups is 1. The third-order valence-electron chi connectivity index (χ3n) is 5.24. The SMILES string of the molecule is O=C(CSc1nc(-c2ccccc2)cn1-c1ccccc1)N1CCN(CCO)CC1. The molecular weight excluding hydrogens is 396 g/mol. The Balaban J connectivity index is 1.48. The Labute approximate surface area is 181 Å². The molecular formula is C23H26N4O2S. The molecule has 6 nitrogen and oxygen atoms in total. The van der Waals surface area contributed by atoms with Crippen LogP contribution in [0.15, 0.2) is 72.0 Å². The molecule has 0 saturated carbocycles. The molecule has 1 aliphatic rings. The Morgan fingerprint density at radius 2 is 1.63 bits per heavy atom. The van der Waals surface area contributed by atoms with Gasteiger partial charge in [0.25, 0.3) is 0 Å². The molecule has 156 valence electrons. The largest absolute Gasteiger partial charge is 0.395 e. The first kappa shape index (κ1) is 20.7. The van der Waals surface area contributed by atoms with Crippen molar-refractivity contribution in [1.82, 2.24) is 19.4 Å². The molecule has 1 aliphatic heterocycles. The summed E-state index contributed by atoms with van der Waals surface area (Å²) >= 11 is 1.48. The maximum absolute atomic E-state index is 12.8. The average molecular weight is 423 g/mol. The summed E-state index contributed by atoms with van der Waals surface area (Å²) in [6.45, 7) is 3.88. The van der Waals surface area contributed by atoms with Crippen molar-refractivity contribution < 1.29 is 9.90 Å². The predicted molar refractivity (Wildman–Crippen MR) is 120 cm³/mol. The van der Waals surface area contributed by atoms with Crippen molar-refractivity contribution in [1.29, 1.82) is 0 Å². The monoisotopic (exact) mass is 422 g/mol. The highest BCUT2D eigenvalue weighted by atomic mass is 32.2. The summed E-state index contributed by atoms with van der Waals surface area (Å²) < 4.78 is 2.06. The van der Waals surface area contributed by atoms with Gasteiger partial charge in [-0.1, -0.05) is 60.3 Å². The van der Waals surface area contributed by atoms with Crippen LogP contribution in [0.25, 0.3) is 16.9 Å². The minimum atomic E-state index is 0.132.